The van der Waals surface area contributed by atoms with E-state index in [0.717, 1.165) is 71.4 Å². The lowest BCUT2D eigenvalue weighted by Gasteiger charge is -2.24. The van der Waals surface area contributed by atoms with Gasteiger partial charge in [-0.25, -0.2) is 12.7 Å². The van der Waals surface area contributed by atoms with Crippen LogP contribution in [-0.4, -0.2) is 54.6 Å². The Hall–Kier alpha value is -4.09. The van der Waals surface area contributed by atoms with Crippen molar-refractivity contribution in [2.45, 2.75) is 82.7 Å². The van der Waals surface area contributed by atoms with Crippen LogP contribution in [0.25, 0.3) is 21.9 Å². The van der Waals surface area contributed by atoms with E-state index >= 15 is 0 Å². The maximum absolute atomic E-state index is 14.3. The fourth-order valence-electron chi connectivity index (χ4n) is 6.48. The van der Waals surface area contributed by atoms with Crippen LogP contribution in [0, 0.1) is 13.8 Å². The summed E-state index contributed by atoms with van der Waals surface area (Å²) in [6.45, 7) is 5.74. The molecule has 45 heavy (non-hydrogen) atoms. The highest BCUT2D eigenvalue weighted by molar-refractivity contribution is 7.93. The van der Waals surface area contributed by atoms with E-state index in [9.17, 15) is 13.2 Å². The van der Waals surface area contributed by atoms with Crippen molar-refractivity contribution in [1.29, 1.82) is 0 Å². The maximum Gasteiger partial charge on any atom is 0.268 e. The van der Waals surface area contributed by atoms with Gasteiger partial charge in [0.15, 0.2) is 5.82 Å². The molecule has 1 amide bonds. The number of ether oxygens (including phenoxy) is 1. The van der Waals surface area contributed by atoms with Crippen molar-refractivity contribution < 1.29 is 22.5 Å². The van der Waals surface area contributed by atoms with Gasteiger partial charge in [0.05, 0.1) is 11.4 Å². The Morgan fingerprint density at radius 3 is 2.60 bits per heavy atom. The second-order valence-corrected chi connectivity index (χ2v) is 13.8. The van der Waals surface area contributed by atoms with Gasteiger partial charge < -0.3 is 9.26 Å². The fourth-order valence-corrected chi connectivity index (χ4v) is 8.07. The van der Waals surface area contributed by atoms with Crippen LogP contribution in [0.4, 0.5) is 5.82 Å². The van der Waals surface area contributed by atoms with E-state index in [2.05, 4.69) is 17.1 Å². The summed E-state index contributed by atoms with van der Waals surface area (Å²) in [5.74, 6) is 1.63. The average Bonchev–Trinajstić information content (AvgIpc) is 3.73. The van der Waals surface area contributed by atoms with Crippen LogP contribution >= 0.6 is 0 Å². The molecule has 3 heterocycles. The van der Waals surface area contributed by atoms with Gasteiger partial charge in [0.25, 0.3) is 15.9 Å². The molecule has 2 aromatic heterocycles. The Balaban J connectivity index is 1.45. The highest BCUT2D eigenvalue weighted by atomic mass is 32.2. The summed E-state index contributed by atoms with van der Waals surface area (Å²) in [6, 6.07) is 12.8. The first kappa shape index (κ1) is 30.9. The zero-order valence-corrected chi connectivity index (χ0v) is 27.1. The number of hydrogen-bond donors (Lipinski definition) is 0. The lowest BCUT2D eigenvalue weighted by molar-refractivity contribution is -0.131. The highest BCUT2D eigenvalue weighted by Gasteiger charge is 2.49. The van der Waals surface area contributed by atoms with Gasteiger partial charge in [0.1, 0.15) is 23.9 Å². The third-order valence-corrected chi connectivity index (χ3v) is 10.8. The Morgan fingerprint density at radius 2 is 1.89 bits per heavy atom. The van der Waals surface area contributed by atoms with Crippen LogP contribution < -0.4 is 4.31 Å². The van der Waals surface area contributed by atoms with Crippen molar-refractivity contribution >= 4 is 38.4 Å². The summed E-state index contributed by atoms with van der Waals surface area (Å²) in [6.07, 6.45) is 9.82. The zero-order chi connectivity index (χ0) is 31.8. The minimum Gasteiger partial charge on any atom is -0.363 e. The number of unbranched alkanes of at least 4 members (excludes halogenated alkanes) is 1. The molecule has 1 aliphatic carbocycles. The Bertz CT molecular complexity index is 1880. The minimum atomic E-state index is -4.15. The molecule has 0 unspecified atom stereocenters. The van der Waals surface area contributed by atoms with Gasteiger partial charge in [-0.05, 0) is 73.9 Å². The smallest absolute Gasteiger partial charge is 0.268 e. The predicted octanol–water partition coefficient (Wildman–Crippen LogP) is 6.55. The number of carbonyl (C=O) groups excluding carboxylic acids is 1. The van der Waals surface area contributed by atoms with Gasteiger partial charge in [-0.2, -0.15) is 0 Å². The van der Waals surface area contributed by atoms with Crippen LogP contribution in [0.3, 0.4) is 0 Å². The lowest BCUT2D eigenvalue weighted by atomic mass is 9.96. The summed E-state index contributed by atoms with van der Waals surface area (Å²) in [4.78, 5) is 25.4. The van der Waals surface area contributed by atoms with E-state index in [1.807, 2.05) is 35.4 Å². The second kappa shape index (κ2) is 12.4. The van der Waals surface area contributed by atoms with Crippen LogP contribution in [0.1, 0.15) is 68.8 Å². The molecule has 2 aliphatic rings. The molecule has 1 saturated carbocycles. The standard InChI is InChI=1S/C34H39N5O5S/c1-5-6-13-31-36-34(15-9-10-16-34)33(40)38(31)21-27-19-26(18-25-14-17-35-20-29(25)27)28-11-7-8-12-30(28)45(41,42)39(22-43-4)32-23(2)24(3)44-37-32/h7-8,11-12,14,17-20H,5-6,9-10,13,15-16,21-22H2,1-4H3. The van der Waals surface area contributed by atoms with Gasteiger partial charge in [-0.3, -0.25) is 19.7 Å². The number of fused-ring (bicyclic) bond motifs is 1. The number of aliphatic imine (C=N–C) groups is 1. The van der Waals surface area contributed by atoms with Crippen molar-refractivity contribution in [3.8, 4) is 11.1 Å². The number of benzene rings is 2. The van der Waals surface area contributed by atoms with E-state index in [1.54, 1.807) is 38.2 Å². The number of anilines is 1. The number of rotatable bonds is 11. The molecular weight excluding hydrogens is 590 g/mol. The number of amidine groups is 1. The maximum atomic E-state index is 14.3. The third kappa shape index (κ3) is 5.52. The minimum absolute atomic E-state index is 0.0741. The predicted molar refractivity (Wildman–Crippen MR) is 173 cm³/mol. The SMILES string of the molecule is CCCCC1=NC2(CCCC2)C(=O)N1Cc1cc(-c2ccccc2S(=O)(=O)N(COC)c2noc(C)c2C)cc2ccncc12. The summed E-state index contributed by atoms with van der Waals surface area (Å²) in [5.41, 5.74) is 2.09. The van der Waals surface area contributed by atoms with E-state index in [4.69, 9.17) is 14.3 Å². The molecule has 4 aromatic rings. The van der Waals surface area contributed by atoms with Crippen molar-refractivity contribution in [3.63, 3.8) is 0 Å². The largest absolute Gasteiger partial charge is 0.363 e. The number of aryl methyl sites for hydroxylation is 1. The summed E-state index contributed by atoms with van der Waals surface area (Å²) >= 11 is 0. The van der Waals surface area contributed by atoms with E-state index < -0.39 is 15.6 Å². The van der Waals surface area contributed by atoms with Crippen molar-refractivity contribution in [2.75, 3.05) is 18.1 Å². The first-order valence-electron chi connectivity index (χ1n) is 15.5. The van der Waals surface area contributed by atoms with Crippen molar-refractivity contribution in [1.82, 2.24) is 15.0 Å². The van der Waals surface area contributed by atoms with Gasteiger partial charge in [0.2, 0.25) is 0 Å². The van der Waals surface area contributed by atoms with Gasteiger partial charge in [-0.15, -0.1) is 0 Å². The van der Waals surface area contributed by atoms with E-state index in [1.165, 1.54) is 7.11 Å². The van der Waals surface area contributed by atoms with Crippen LogP contribution in [0.15, 0.2) is 69.3 Å². The van der Waals surface area contributed by atoms with Gasteiger partial charge in [-0.1, -0.05) is 49.5 Å². The molecule has 6 rings (SSSR count). The molecule has 10 nitrogen and oxygen atoms in total. The van der Waals surface area contributed by atoms with Gasteiger partial charge in [0, 0.05) is 42.4 Å². The number of sulfonamides is 1. The number of hydrogen-bond acceptors (Lipinski definition) is 8. The fraction of sp³-hybridized carbons (Fsp3) is 0.412. The second-order valence-electron chi connectivity index (χ2n) is 11.9. The molecule has 2 aromatic carbocycles. The number of aromatic nitrogens is 2. The molecular formula is C34H39N5O5S. The Labute approximate surface area is 264 Å². The van der Waals surface area contributed by atoms with Crippen LogP contribution in [0.5, 0.6) is 0 Å². The molecule has 0 atom stereocenters. The summed E-state index contributed by atoms with van der Waals surface area (Å²) in [7, 11) is -2.71. The number of methoxy groups -OCH3 is 1. The molecule has 1 spiro atoms. The van der Waals surface area contributed by atoms with E-state index in [-0.39, 0.29) is 23.4 Å². The number of nitrogens with zero attached hydrogens (tertiary/aromatic N) is 5. The third-order valence-electron chi connectivity index (χ3n) is 9.03. The molecule has 0 saturated heterocycles. The topological polar surface area (TPSA) is 118 Å². The Kier molecular flexibility index (Phi) is 8.49. The van der Waals surface area contributed by atoms with Crippen molar-refractivity contribution in [3.05, 3.63) is 71.7 Å². The Morgan fingerprint density at radius 1 is 1.11 bits per heavy atom. The average molecular weight is 630 g/mol. The molecule has 236 valence electrons. The van der Waals surface area contributed by atoms with E-state index in [0.29, 0.717) is 29.0 Å². The van der Waals surface area contributed by atoms with Crippen LogP contribution in [-0.2, 0) is 26.1 Å². The number of amides is 1. The molecule has 1 aliphatic heterocycles. The number of carbonyl (C=O) groups is 1. The lowest BCUT2D eigenvalue weighted by Crippen LogP contribution is -2.40. The molecule has 0 radical (unpaired) electrons. The first-order valence-corrected chi connectivity index (χ1v) is 17.0. The molecule has 11 heteroatoms. The highest BCUT2D eigenvalue weighted by Crippen LogP contribution is 2.41. The normalized spacial score (nSPS) is 16.2. The first-order chi connectivity index (χ1) is 21.7. The zero-order valence-electron chi connectivity index (χ0n) is 26.2. The quantitative estimate of drug-likeness (QED) is 0.173. The number of pyridine rings is 1. The van der Waals surface area contributed by atoms with Gasteiger partial charge >= 0.3 is 0 Å². The summed E-state index contributed by atoms with van der Waals surface area (Å²) in [5, 5.41) is 5.85. The molecule has 0 N–H and O–H groups in total. The van der Waals surface area contributed by atoms with Crippen LogP contribution in [0.2, 0.25) is 0 Å². The monoisotopic (exact) mass is 629 g/mol. The molecule has 1 fully saturated rings. The summed E-state index contributed by atoms with van der Waals surface area (Å²) < 4.78 is 40.4. The van der Waals surface area contributed by atoms with Crippen molar-refractivity contribution in [2.24, 2.45) is 4.99 Å². The molecule has 0 bridgehead atoms.